The lowest BCUT2D eigenvalue weighted by atomic mass is 9.84. The summed E-state index contributed by atoms with van der Waals surface area (Å²) >= 11 is 2.54. The lowest BCUT2D eigenvalue weighted by Gasteiger charge is -2.44. The first kappa shape index (κ1) is 19.6. The molecule has 3 fully saturated rings. The number of halogens is 3. The van der Waals surface area contributed by atoms with Crippen molar-refractivity contribution < 1.29 is 13.6 Å². The Morgan fingerprint density at radius 3 is 2.62 bits per heavy atom. The van der Waals surface area contributed by atoms with Crippen LogP contribution >= 0.6 is 35.5 Å². The van der Waals surface area contributed by atoms with E-state index in [1.54, 1.807) is 6.07 Å². The predicted octanol–water partition coefficient (Wildman–Crippen LogP) is 4.42. The van der Waals surface area contributed by atoms with Crippen molar-refractivity contribution in [3.8, 4) is 0 Å². The number of nitrogens with one attached hydrogen (secondary N) is 1. The normalized spacial score (nSPS) is 24.2. The van der Waals surface area contributed by atoms with Gasteiger partial charge in [0.25, 0.3) is 5.91 Å². The van der Waals surface area contributed by atoms with E-state index in [2.05, 4.69) is 10.2 Å². The molecule has 0 saturated carbocycles. The first-order chi connectivity index (χ1) is 12.1. The Hall–Kier alpha value is -1.15. The maximum Gasteiger partial charge on any atom is 0.261 e. The van der Waals surface area contributed by atoms with E-state index < -0.39 is 11.6 Å². The molecule has 140 valence electrons. The predicted molar refractivity (Wildman–Crippen MR) is 102 cm³/mol. The molecule has 1 N–H and O–H groups in total. The quantitative estimate of drug-likeness (QED) is 0.800. The third kappa shape index (κ3) is 4.22. The van der Waals surface area contributed by atoms with Crippen molar-refractivity contribution in [2.24, 2.45) is 5.92 Å². The number of hydrogen-bond donors (Lipinski definition) is 1. The molecule has 2 bridgehead atoms. The van der Waals surface area contributed by atoms with E-state index in [1.165, 1.54) is 35.2 Å². The summed E-state index contributed by atoms with van der Waals surface area (Å²) in [7, 11) is 0. The summed E-state index contributed by atoms with van der Waals surface area (Å²) < 4.78 is 27.5. The molecule has 0 spiro atoms. The number of amides is 1. The molecule has 5 rings (SSSR count). The number of piperidine rings is 3. The van der Waals surface area contributed by atoms with Gasteiger partial charge in [-0.3, -0.25) is 4.79 Å². The lowest BCUT2D eigenvalue weighted by molar-refractivity contribution is 0.0622. The van der Waals surface area contributed by atoms with Gasteiger partial charge in [0.1, 0.15) is 11.6 Å². The summed E-state index contributed by atoms with van der Waals surface area (Å²) in [6.07, 6.45) is 2.31. The Labute approximate surface area is 165 Å². The number of rotatable bonds is 4. The number of fused-ring (bicyclic) bond motifs is 3. The Kier molecular flexibility index (Phi) is 6.22. The summed E-state index contributed by atoms with van der Waals surface area (Å²) in [4.78, 5) is 15.9. The highest BCUT2D eigenvalue weighted by atomic mass is 35.5. The number of nitrogens with zero attached hydrogens (tertiary/aromatic N) is 1. The van der Waals surface area contributed by atoms with Crippen LogP contribution in [0.25, 0.3) is 0 Å². The first-order valence-electron chi connectivity index (χ1n) is 8.34. The number of thiophene rings is 1. The van der Waals surface area contributed by atoms with Gasteiger partial charge in [-0.25, -0.2) is 8.78 Å². The van der Waals surface area contributed by atoms with E-state index in [0.29, 0.717) is 15.7 Å². The third-order valence-corrected chi connectivity index (χ3v) is 7.15. The van der Waals surface area contributed by atoms with Crippen LogP contribution in [0, 0.1) is 17.6 Å². The van der Waals surface area contributed by atoms with Gasteiger partial charge >= 0.3 is 0 Å². The van der Waals surface area contributed by atoms with Gasteiger partial charge in [0.05, 0.1) is 9.09 Å². The lowest BCUT2D eigenvalue weighted by Crippen LogP contribution is -2.57. The van der Waals surface area contributed by atoms with Crippen LogP contribution in [-0.2, 0) is 0 Å². The number of hydrogen-bond acceptors (Lipinski definition) is 4. The van der Waals surface area contributed by atoms with Gasteiger partial charge in [0.15, 0.2) is 0 Å². The van der Waals surface area contributed by atoms with Crippen LogP contribution in [0.15, 0.2) is 39.4 Å². The molecule has 2 aromatic rings. The van der Waals surface area contributed by atoms with E-state index in [0.717, 1.165) is 42.8 Å². The molecule has 3 aliphatic rings. The fourth-order valence-electron chi connectivity index (χ4n) is 3.53. The topological polar surface area (TPSA) is 32.3 Å². The molecule has 1 amide bonds. The molecule has 0 unspecified atom stereocenters. The molecule has 3 aliphatic heterocycles. The van der Waals surface area contributed by atoms with Crippen molar-refractivity contribution in [1.82, 2.24) is 10.2 Å². The van der Waals surface area contributed by atoms with Crippen molar-refractivity contribution in [2.75, 3.05) is 19.6 Å². The van der Waals surface area contributed by atoms with Gasteiger partial charge in [-0.2, -0.15) is 0 Å². The van der Waals surface area contributed by atoms with Gasteiger partial charge in [-0.15, -0.1) is 23.7 Å². The van der Waals surface area contributed by atoms with Crippen LogP contribution in [0.4, 0.5) is 8.78 Å². The van der Waals surface area contributed by atoms with Gasteiger partial charge in [0.2, 0.25) is 0 Å². The minimum absolute atomic E-state index is 0. The molecule has 8 heteroatoms. The molecule has 1 aromatic carbocycles. The maximum absolute atomic E-state index is 13.8. The van der Waals surface area contributed by atoms with E-state index in [4.69, 9.17) is 0 Å². The Balaban J connectivity index is 0.00000196. The zero-order valence-corrected chi connectivity index (χ0v) is 16.4. The molecule has 0 aliphatic carbocycles. The van der Waals surface area contributed by atoms with Crippen LogP contribution in [0.2, 0.25) is 0 Å². The zero-order chi connectivity index (χ0) is 17.4. The minimum atomic E-state index is -0.592. The van der Waals surface area contributed by atoms with E-state index >= 15 is 0 Å². The van der Waals surface area contributed by atoms with E-state index in [1.807, 2.05) is 6.07 Å². The van der Waals surface area contributed by atoms with Crippen LogP contribution in [-0.4, -0.2) is 36.5 Å². The molecular formula is C18H19ClF2N2OS2. The molecule has 4 heterocycles. The average molecular weight is 417 g/mol. The number of benzene rings is 1. The van der Waals surface area contributed by atoms with Crippen molar-refractivity contribution in [3.05, 3.63) is 46.8 Å². The van der Waals surface area contributed by atoms with Gasteiger partial charge in [0, 0.05) is 23.5 Å². The largest absolute Gasteiger partial charge is 0.347 e. The standard InChI is InChI=1S/C18H18F2N2OS2.ClH/c19-12-1-2-15(13(20)9-12)24-17-4-3-16(25-17)18(23)21-14-10-22-7-5-11(14)6-8-22;/h1-4,9,11,14H,5-8,10H2,(H,21,23);1H/t14-;/m0./s1. The molecule has 3 nitrogen and oxygen atoms in total. The summed E-state index contributed by atoms with van der Waals surface area (Å²) in [5, 5.41) is 3.16. The molecule has 0 radical (unpaired) electrons. The van der Waals surface area contributed by atoms with Gasteiger partial charge in [-0.05, 0) is 56.1 Å². The summed E-state index contributed by atoms with van der Waals surface area (Å²) in [5.74, 6) is -0.659. The highest BCUT2D eigenvalue weighted by Crippen LogP contribution is 2.35. The van der Waals surface area contributed by atoms with Crippen LogP contribution < -0.4 is 5.32 Å². The zero-order valence-electron chi connectivity index (χ0n) is 13.9. The third-order valence-electron chi connectivity index (χ3n) is 4.88. The van der Waals surface area contributed by atoms with Gasteiger partial charge in [-0.1, -0.05) is 11.8 Å². The fraction of sp³-hybridized carbons (Fsp3) is 0.389. The fourth-order valence-corrected chi connectivity index (χ4v) is 5.52. The molecular weight excluding hydrogens is 398 g/mol. The summed E-state index contributed by atoms with van der Waals surface area (Å²) in [6, 6.07) is 7.33. The van der Waals surface area contributed by atoms with Crippen LogP contribution in [0.5, 0.6) is 0 Å². The summed E-state index contributed by atoms with van der Waals surface area (Å²) in [6.45, 7) is 3.21. The maximum atomic E-state index is 13.8. The number of carbonyl (C=O) groups is 1. The van der Waals surface area contributed by atoms with Crippen molar-refractivity contribution in [3.63, 3.8) is 0 Å². The average Bonchev–Trinajstić information content (AvgIpc) is 3.07. The van der Waals surface area contributed by atoms with Crippen molar-refractivity contribution in [1.29, 1.82) is 0 Å². The van der Waals surface area contributed by atoms with Crippen LogP contribution in [0.1, 0.15) is 22.5 Å². The summed E-state index contributed by atoms with van der Waals surface area (Å²) in [5.41, 5.74) is 0. The SMILES string of the molecule is Cl.O=C(N[C@H]1CN2CCC1CC2)c1ccc(Sc2ccc(F)cc2F)s1. The molecule has 1 atom stereocenters. The highest BCUT2D eigenvalue weighted by molar-refractivity contribution is 8.01. The second-order valence-electron chi connectivity index (χ2n) is 6.51. The van der Waals surface area contributed by atoms with Crippen LogP contribution in [0.3, 0.4) is 0 Å². The minimum Gasteiger partial charge on any atom is -0.347 e. The first-order valence-corrected chi connectivity index (χ1v) is 9.98. The smallest absolute Gasteiger partial charge is 0.261 e. The van der Waals surface area contributed by atoms with Crippen molar-refractivity contribution in [2.45, 2.75) is 28.0 Å². The van der Waals surface area contributed by atoms with E-state index in [9.17, 15) is 13.6 Å². The molecule has 26 heavy (non-hydrogen) atoms. The number of carbonyl (C=O) groups excluding carboxylic acids is 1. The van der Waals surface area contributed by atoms with Crippen molar-refractivity contribution >= 4 is 41.4 Å². The second-order valence-corrected chi connectivity index (χ2v) is 8.94. The Morgan fingerprint density at radius 2 is 1.96 bits per heavy atom. The molecule has 3 saturated heterocycles. The van der Waals surface area contributed by atoms with E-state index in [-0.39, 0.29) is 24.4 Å². The second kappa shape index (κ2) is 8.25. The monoisotopic (exact) mass is 416 g/mol. The van der Waals surface area contributed by atoms with Gasteiger partial charge < -0.3 is 10.2 Å². The Morgan fingerprint density at radius 1 is 1.19 bits per heavy atom. The Bertz CT molecular complexity index is 793. The molecule has 1 aromatic heterocycles. The highest BCUT2D eigenvalue weighted by Gasteiger charge is 2.35.